The molecule has 4 nitrogen and oxygen atoms in total. The zero-order valence-electron chi connectivity index (χ0n) is 8.95. The summed E-state index contributed by atoms with van der Waals surface area (Å²) in [6.07, 6.45) is 3.51. The molecule has 2 aliphatic rings. The Morgan fingerprint density at radius 1 is 1.67 bits per heavy atom. The molecular formula is C11H17NO3. The third kappa shape index (κ3) is 2.21. The van der Waals surface area contributed by atoms with Gasteiger partial charge in [-0.2, -0.15) is 0 Å². The Morgan fingerprint density at radius 2 is 2.47 bits per heavy atom. The summed E-state index contributed by atoms with van der Waals surface area (Å²) < 4.78 is 5.33. The molecule has 2 rings (SSSR count). The molecule has 1 saturated heterocycles. The number of nitrogens with one attached hydrogen (secondary N) is 1. The number of carbonyl (C=O) groups is 1. The smallest absolute Gasteiger partial charge is 0.157 e. The fourth-order valence-electron chi connectivity index (χ4n) is 2.01. The second-order valence-electron chi connectivity index (χ2n) is 4.36. The number of hydrogen-bond donors (Lipinski definition) is 2. The molecule has 84 valence electrons. The Labute approximate surface area is 89.3 Å². The second-order valence-corrected chi connectivity index (χ2v) is 4.36. The fraction of sp³-hybridized carbons (Fsp3) is 0.727. The van der Waals surface area contributed by atoms with Crippen LogP contribution in [0.25, 0.3) is 0 Å². The molecule has 1 heterocycles. The van der Waals surface area contributed by atoms with Crippen molar-refractivity contribution in [1.82, 2.24) is 5.32 Å². The van der Waals surface area contributed by atoms with Crippen molar-refractivity contribution in [1.29, 1.82) is 0 Å². The molecule has 0 spiro atoms. The average molecular weight is 211 g/mol. The van der Waals surface area contributed by atoms with Crippen molar-refractivity contribution in [3.05, 3.63) is 11.8 Å². The van der Waals surface area contributed by atoms with Crippen LogP contribution in [0, 0.1) is 0 Å². The molecule has 4 heteroatoms. The molecule has 0 bridgehead atoms. The van der Waals surface area contributed by atoms with Gasteiger partial charge in [0.25, 0.3) is 0 Å². The standard InChI is InChI=1S/C11H17NO3/c1-8-11(14,4-5-15-8)7-12-9-2-3-10(13)6-9/h6,8,12,14H,2-5,7H2,1H3. The van der Waals surface area contributed by atoms with E-state index >= 15 is 0 Å². The molecule has 0 radical (unpaired) electrons. The highest BCUT2D eigenvalue weighted by Gasteiger charge is 2.39. The van der Waals surface area contributed by atoms with Crippen molar-refractivity contribution >= 4 is 5.78 Å². The van der Waals surface area contributed by atoms with E-state index in [4.69, 9.17) is 4.74 Å². The molecule has 0 saturated carbocycles. The van der Waals surface area contributed by atoms with Crippen molar-refractivity contribution in [2.45, 2.75) is 37.9 Å². The van der Waals surface area contributed by atoms with Crippen molar-refractivity contribution in [2.75, 3.05) is 13.2 Å². The lowest BCUT2D eigenvalue weighted by molar-refractivity contribution is -0.114. The molecule has 1 aliphatic carbocycles. The molecule has 0 aromatic rings. The number of rotatable bonds is 3. The van der Waals surface area contributed by atoms with Gasteiger partial charge in [0.1, 0.15) is 5.60 Å². The van der Waals surface area contributed by atoms with Crippen LogP contribution >= 0.6 is 0 Å². The molecule has 0 aromatic carbocycles. The first-order valence-electron chi connectivity index (χ1n) is 5.41. The number of ether oxygens (including phenoxy) is 1. The van der Waals surface area contributed by atoms with Crippen molar-refractivity contribution in [3.8, 4) is 0 Å². The largest absolute Gasteiger partial charge is 0.385 e. The average Bonchev–Trinajstić information content (AvgIpc) is 2.73. The van der Waals surface area contributed by atoms with E-state index < -0.39 is 5.60 Å². The fourth-order valence-corrected chi connectivity index (χ4v) is 2.01. The molecule has 2 unspecified atom stereocenters. The summed E-state index contributed by atoms with van der Waals surface area (Å²) in [6, 6.07) is 0. The number of aliphatic hydroxyl groups is 1. The maximum Gasteiger partial charge on any atom is 0.157 e. The number of ketones is 1. The lowest BCUT2D eigenvalue weighted by atomic mass is 9.96. The van der Waals surface area contributed by atoms with Gasteiger partial charge in [-0.15, -0.1) is 0 Å². The molecule has 2 N–H and O–H groups in total. The second kappa shape index (κ2) is 3.94. The van der Waals surface area contributed by atoms with Gasteiger partial charge in [0.15, 0.2) is 5.78 Å². The Kier molecular flexibility index (Phi) is 2.80. The van der Waals surface area contributed by atoms with Crippen molar-refractivity contribution in [2.24, 2.45) is 0 Å². The number of allylic oxidation sites excluding steroid dienone is 2. The highest BCUT2D eigenvalue weighted by atomic mass is 16.5. The predicted molar refractivity (Wildman–Crippen MR) is 55.3 cm³/mol. The van der Waals surface area contributed by atoms with Crippen molar-refractivity contribution in [3.63, 3.8) is 0 Å². The first-order chi connectivity index (χ1) is 7.10. The van der Waals surface area contributed by atoms with E-state index in [1.165, 1.54) is 0 Å². The summed E-state index contributed by atoms with van der Waals surface area (Å²) in [5.74, 6) is 0.167. The first kappa shape index (κ1) is 10.6. The Morgan fingerprint density at radius 3 is 3.00 bits per heavy atom. The van der Waals surface area contributed by atoms with Crippen LogP contribution < -0.4 is 5.32 Å². The Balaban J connectivity index is 1.87. The highest BCUT2D eigenvalue weighted by molar-refractivity contribution is 5.92. The molecule has 1 fully saturated rings. The normalized spacial score (nSPS) is 35.7. The summed E-state index contributed by atoms with van der Waals surface area (Å²) in [5, 5.41) is 13.3. The number of carbonyl (C=O) groups excluding carboxylic acids is 1. The summed E-state index contributed by atoms with van der Waals surface area (Å²) in [5.41, 5.74) is 0.152. The van der Waals surface area contributed by atoms with E-state index in [1.54, 1.807) is 6.08 Å². The van der Waals surface area contributed by atoms with Crippen LogP contribution in [0.1, 0.15) is 26.2 Å². The minimum absolute atomic E-state index is 0.136. The summed E-state index contributed by atoms with van der Waals surface area (Å²) in [6.45, 7) is 2.95. The Hall–Kier alpha value is -0.870. The van der Waals surface area contributed by atoms with E-state index in [-0.39, 0.29) is 11.9 Å². The zero-order valence-corrected chi connectivity index (χ0v) is 8.95. The van der Waals surface area contributed by atoms with Crippen LogP contribution in [-0.4, -0.2) is 35.7 Å². The molecule has 1 aliphatic heterocycles. The maximum absolute atomic E-state index is 11.0. The minimum atomic E-state index is -0.785. The van der Waals surface area contributed by atoms with Crippen LogP contribution in [-0.2, 0) is 9.53 Å². The molecule has 2 atom stereocenters. The SMILES string of the molecule is CC1OCCC1(O)CNC1=CC(=O)CC1. The Bertz CT molecular complexity index is 300. The lowest BCUT2D eigenvalue weighted by Gasteiger charge is -2.26. The third-order valence-electron chi connectivity index (χ3n) is 3.26. The zero-order chi connectivity index (χ0) is 10.9. The molecule has 0 amide bonds. The first-order valence-corrected chi connectivity index (χ1v) is 5.41. The lowest BCUT2D eigenvalue weighted by Crippen LogP contribution is -2.45. The molecule has 15 heavy (non-hydrogen) atoms. The van der Waals surface area contributed by atoms with E-state index in [0.717, 1.165) is 12.1 Å². The van der Waals surface area contributed by atoms with Gasteiger partial charge in [0.2, 0.25) is 0 Å². The van der Waals surface area contributed by atoms with Crippen LogP contribution in [0.15, 0.2) is 11.8 Å². The van der Waals surface area contributed by atoms with Gasteiger partial charge in [-0.25, -0.2) is 0 Å². The van der Waals surface area contributed by atoms with Crippen LogP contribution in [0.4, 0.5) is 0 Å². The number of hydrogen-bond acceptors (Lipinski definition) is 4. The van der Waals surface area contributed by atoms with Crippen LogP contribution in [0.2, 0.25) is 0 Å². The van der Waals surface area contributed by atoms with Gasteiger partial charge in [-0.1, -0.05) is 0 Å². The van der Waals surface area contributed by atoms with E-state index in [2.05, 4.69) is 5.32 Å². The van der Waals surface area contributed by atoms with E-state index in [1.807, 2.05) is 6.92 Å². The van der Waals surface area contributed by atoms with Crippen LogP contribution in [0.5, 0.6) is 0 Å². The van der Waals surface area contributed by atoms with Gasteiger partial charge in [-0.3, -0.25) is 4.79 Å². The van der Waals surface area contributed by atoms with Crippen molar-refractivity contribution < 1.29 is 14.6 Å². The third-order valence-corrected chi connectivity index (χ3v) is 3.26. The van der Waals surface area contributed by atoms with Gasteiger partial charge in [0.05, 0.1) is 6.10 Å². The van der Waals surface area contributed by atoms with Gasteiger partial charge < -0.3 is 15.2 Å². The maximum atomic E-state index is 11.0. The topological polar surface area (TPSA) is 58.6 Å². The highest BCUT2D eigenvalue weighted by Crippen LogP contribution is 2.25. The van der Waals surface area contributed by atoms with E-state index in [0.29, 0.717) is 26.0 Å². The summed E-state index contributed by atoms with van der Waals surface area (Å²) >= 11 is 0. The minimum Gasteiger partial charge on any atom is -0.385 e. The summed E-state index contributed by atoms with van der Waals surface area (Å²) in [4.78, 5) is 11.0. The van der Waals surface area contributed by atoms with Gasteiger partial charge >= 0.3 is 0 Å². The van der Waals surface area contributed by atoms with Gasteiger partial charge in [0, 0.05) is 37.8 Å². The monoisotopic (exact) mass is 211 g/mol. The van der Waals surface area contributed by atoms with Crippen LogP contribution in [0.3, 0.4) is 0 Å². The van der Waals surface area contributed by atoms with E-state index in [9.17, 15) is 9.90 Å². The summed E-state index contributed by atoms with van der Waals surface area (Å²) in [7, 11) is 0. The quantitative estimate of drug-likeness (QED) is 0.708. The predicted octanol–water partition coefficient (Wildman–Crippen LogP) is 0.363. The molecule has 0 aromatic heterocycles. The molecular weight excluding hydrogens is 194 g/mol. The van der Waals surface area contributed by atoms with Gasteiger partial charge in [-0.05, 0) is 13.3 Å².